The lowest BCUT2D eigenvalue weighted by atomic mass is 10.0. The highest BCUT2D eigenvalue weighted by Gasteiger charge is 2.35. The molecule has 0 radical (unpaired) electrons. The van der Waals surface area contributed by atoms with Crippen molar-refractivity contribution in [1.82, 2.24) is 24.7 Å². The van der Waals surface area contributed by atoms with Crippen molar-refractivity contribution < 1.29 is 18.3 Å². The molecule has 0 unspecified atom stereocenters. The van der Waals surface area contributed by atoms with Crippen LogP contribution in [-0.4, -0.2) is 95.2 Å². The number of halogens is 3. The molecule has 0 bridgehead atoms. The molecule has 3 aliphatic rings. The van der Waals surface area contributed by atoms with E-state index in [1.165, 1.54) is 23.9 Å². The van der Waals surface area contributed by atoms with Gasteiger partial charge in [-0.15, -0.1) is 11.8 Å². The molecule has 9 nitrogen and oxygen atoms in total. The predicted octanol–water partition coefficient (Wildman–Crippen LogP) is 4.99. The Morgan fingerprint density at radius 2 is 1.91 bits per heavy atom. The topological polar surface area (TPSA) is 82.9 Å². The van der Waals surface area contributed by atoms with Gasteiger partial charge in [0.2, 0.25) is 0 Å². The average Bonchev–Trinajstić information content (AvgIpc) is 2.95. The number of benzene rings is 2. The van der Waals surface area contributed by atoms with Crippen LogP contribution in [0.1, 0.15) is 33.7 Å². The number of amides is 1. The van der Waals surface area contributed by atoms with Crippen molar-refractivity contribution in [3.63, 3.8) is 0 Å². The molecule has 2 atom stereocenters. The lowest BCUT2D eigenvalue weighted by Crippen LogP contribution is -2.55. The fourth-order valence-electron chi connectivity index (χ4n) is 6.31. The normalized spacial score (nSPS) is 21.2. The molecule has 236 valence electrons. The molecule has 3 aliphatic heterocycles. The second kappa shape index (κ2) is 12.1. The van der Waals surface area contributed by atoms with Gasteiger partial charge in [-0.25, -0.2) is 18.4 Å². The number of thioether (sulfide) groups is 1. The maximum atomic E-state index is 15.2. The van der Waals surface area contributed by atoms with E-state index >= 15 is 4.39 Å². The molecular formula is C31H37ClF2N6O3S. The van der Waals surface area contributed by atoms with Gasteiger partial charge in [-0.1, -0.05) is 11.6 Å². The lowest BCUT2D eigenvalue weighted by molar-refractivity contribution is 0.0218. The zero-order chi connectivity index (χ0) is 31.3. The molecule has 2 saturated heterocycles. The molecule has 44 heavy (non-hydrogen) atoms. The Balaban J connectivity index is 1.46. The predicted molar refractivity (Wildman–Crippen MR) is 170 cm³/mol. The summed E-state index contributed by atoms with van der Waals surface area (Å²) >= 11 is 8.46. The summed E-state index contributed by atoms with van der Waals surface area (Å²) in [5, 5.41) is 4.34. The highest BCUT2D eigenvalue weighted by atomic mass is 35.5. The van der Waals surface area contributed by atoms with Gasteiger partial charge in [0.05, 0.1) is 16.6 Å². The van der Waals surface area contributed by atoms with Crippen LogP contribution < -0.4 is 15.9 Å². The number of hydrogen-bond acceptors (Lipinski definition) is 8. The SMILES string of the molecule is C[C@H]1CN(C(=O)OC(C)(C)C)CCN1c1nc(=O)n2c3c(c(-c4ccc(F)cc4F)c(Cl)cc13)SC[C@@H]2CN1CCNCC1. The largest absolute Gasteiger partial charge is 0.444 e. The van der Waals surface area contributed by atoms with Crippen LogP contribution in [0.25, 0.3) is 22.0 Å². The first-order valence-electron chi connectivity index (χ1n) is 15.0. The number of ether oxygens (including phenoxy) is 1. The van der Waals surface area contributed by atoms with E-state index in [1.54, 1.807) is 15.5 Å². The minimum Gasteiger partial charge on any atom is -0.444 e. The first kappa shape index (κ1) is 31.1. The first-order valence-corrected chi connectivity index (χ1v) is 16.3. The summed E-state index contributed by atoms with van der Waals surface area (Å²) < 4.78 is 36.4. The van der Waals surface area contributed by atoms with E-state index in [0.717, 1.165) is 32.2 Å². The van der Waals surface area contributed by atoms with E-state index in [4.69, 9.17) is 16.3 Å². The van der Waals surface area contributed by atoms with Crippen LogP contribution in [0.15, 0.2) is 34.0 Å². The number of rotatable bonds is 4. The monoisotopic (exact) mass is 646 g/mol. The molecule has 0 spiro atoms. The summed E-state index contributed by atoms with van der Waals surface area (Å²) in [5.74, 6) is -0.339. The number of carbonyl (C=O) groups is 1. The van der Waals surface area contributed by atoms with Crippen molar-refractivity contribution in [3.05, 3.63) is 51.4 Å². The van der Waals surface area contributed by atoms with Crippen molar-refractivity contribution in [3.8, 4) is 11.1 Å². The Bertz CT molecular complexity index is 1660. The van der Waals surface area contributed by atoms with Gasteiger partial charge in [0.15, 0.2) is 0 Å². The smallest absolute Gasteiger partial charge is 0.410 e. The lowest BCUT2D eigenvalue weighted by Gasteiger charge is -2.41. The van der Waals surface area contributed by atoms with Gasteiger partial charge >= 0.3 is 11.8 Å². The Hall–Kier alpha value is -2.93. The Kier molecular flexibility index (Phi) is 8.55. The quantitative estimate of drug-likeness (QED) is 0.425. The molecule has 1 N–H and O–H groups in total. The van der Waals surface area contributed by atoms with E-state index < -0.39 is 17.2 Å². The van der Waals surface area contributed by atoms with Crippen LogP contribution in [0, 0.1) is 11.6 Å². The summed E-state index contributed by atoms with van der Waals surface area (Å²) in [6, 6.07) is 4.87. The molecule has 2 aromatic carbocycles. The van der Waals surface area contributed by atoms with Crippen LogP contribution >= 0.6 is 23.4 Å². The van der Waals surface area contributed by atoms with Crippen LogP contribution in [-0.2, 0) is 4.74 Å². The number of carbonyl (C=O) groups excluding carboxylic acids is 1. The molecule has 4 heterocycles. The number of nitrogens with zero attached hydrogens (tertiary/aromatic N) is 5. The fourth-order valence-corrected chi connectivity index (χ4v) is 8.00. The number of aromatic nitrogens is 2. The van der Waals surface area contributed by atoms with Crippen molar-refractivity contribution in [2.24, 2.45) is 0 Å². The average molecular weight is 647 g/mol. The van der Waals surface area contributed by atoms with Gasteiger partial charge in [0.25, 0.3) is 0 Å². The van der Waals surface area contributed by atoms with E-state index in [9.17, 15) is 14.0 Å². The number of piperazine rings is 2. The van der Waals surface area contributed by atoms with Gasteiger partial charge in [0.1, 0.15) is 23.1 Å². The minimum absolute atomic E-state index is 0.157. The number of anilines is 1. The minimum atomic E-state index is -0.721. The maximum absolute atomic E-state index is 15.2. The zero-order valence-electron chi connectivity index (χ0n) is 25.3. The van der Waals surface area contributed by atoms with Crippen LogP contribution in [0.3, 0.4) is 0 Å². The molecule has 0 aliphatic carbocycles. The first-order chi connectivity index (χ1) is 20.9. The summed E-state index contributed by atoms with van der Waals surface area (Å²) in [4.78, 5) is 38.2. The highest BCUT2D eigenvalue weighted by Crippen LogP contribution is 2.48. The summed E-state index contributed by atoms with van der Waals surface area (Å²) in [5.41, 5.74) is 0.278. The maximum Gasteiger partial charge on any atom is 0.410 e. The van der Waals surface area contributed by atoms with Crippen molar-refractivity contribution in [2.75, 3.05) is 63.0 Å². The van der Waals surface area contributed by atoms with Crippen molar-refractivity contribution in [2.45, 2.75) is 50.3 Å². The van der Waals surface area contributed by atoms with E-state index in [1.807, 2.05) is 32.6 Å². The van der Waals surface area contributed by atoms with E-state index in [0.29, 0.717) is 64.1 Å². The summed E-state index contributed by atoms with van der Waals surface area (Å²) in [6.45, 7) is 12.9. The third-order valence-electron chi connectivity index (χ3n) is 8.31. The molecular weight excluding hydrogens is 610 g/mol. The summed E-state index contributed by atoms with van der Waals surface area (Å²) in [7, 11) is 0. The Labute approximate surface area is 264 Å². The third-order valence-corrected chi connectivity index (χ3v) is 9.85. The van der Waals surface area contributed by atoms with Gasteiger partial charge in [-0.2, -0.15) is 4.98 Å². The van der Waals surface area contributed by atoms with Crippen LogP contribution in [0.2, 0.25) is 5.02 Å². The van der Waals surface area contributed by atoms with Gasteiger partial charge < -0.3 is 19.9 Å². The Morgan fingerprint density at radius 3 is 2.59 bits per heavy atom. The summed E-state index contributed by atoms with van der Waals surface area (Å²) in [6.07, 6.45) is -0.380. The molecule has 2 fully saturated rings. The van der Waals surface area contributed by atoms with Crippen molar-refractivity contribution >= 4 is 46.2 Å². The van der Waals surface area contributed by atoms with Gasteiger partial charge in [-0.05, 0) is 45.9 Å². The van der Waals surface area contributed by atoms with E-state index in [-0.39, 0.29) is 29.4 Å². The molecule has 3 aromatic rings. The Morgan fingerprint density at radius 1 is 1.16 bits per heavy atom. The molecule has 0 saturated carbocycles. The highest BCUT2D eigenvalue weighted by molar-refractivity contribution is 7.99. The van der Waals surface area contributed by atoms with Crippen molar-refractivity contribution in [1.29, 1.82) is 0 Å². The number of nitrogens with one attached hydrogen (secondary N) is 1. The van der Waals surface area contributed by atoms with Crippen LogP contribution in [0.4, 0.5) is 19.4 Å². The van der Waals surface area contributed by atoms with Crippen LogP contribution in [0.5, 0.6) is 0 Å². The molecule has 1 aromatic heterocycles. The van der Waals surface area contributed by atoms with Gasteiger partial charge in [-0.3, -0.25) is 9.47 Å². The number of hydrogen-bond donors (Lipinski definition) is 1. The molecule has 13 heteroatoms. The standard InChI is InChI=1S/C31H37ClF2N6O3S/c1-18-15-38(30(42)43-31(2,3)4)11-12-39(18)28-22-14-23(32)25(21-6-5-19(33)13-24(21)34)27-26(22)40(29(41)36-28)20(17-44-27)16-37-9-7-35-8-10-37/h5-6,13-14,18,20,35H,7-12,15-17H2,1-4H3/t18-,20-/m0/s1. The zero-order valence-corrected chi connectivity index (χ0v) is 26.9. The molecule has 1 amide bonds. The third kappa shape index (κ3) is 6.01. The van der Waals surface area contributed by atoms with Gasteiger partial charge in [0, 0.05) is 91.6 Å². The fraction of sp³-hybridized carbons (Fsp3) is 0.516. The second-order valence-corrected chi connectivity index (χ2v) is 14.1. The second-order valence-electron chi connectivity index (χ2n) is 12.7. The molecule has 6 rings (SSSR count). The van der Waals surface area contributed by atoms with E-state index in [2.05, 4.69) is 15.2 Å².